The van der Waals surface area contributed by atoms with Gasteiger partial charge in [0.25, 0.3) is 0 Å². The largest absolute Gasteiger partial charge is 0.453 e. The van der Waals surface area contributed by atoms with Crippen molar-refractivity contribution < 1.29 is 14.3 Å². The van der Waals surface area contributed by atoms with Gasteiger partial charge in [-0.2, -0.15) is 0 Å². The first-order valence-corrected chi connectivity index (χ1v) is 7.79. The van der Waals surface area contributed by atoms with Crippen molar-refractivity contribution in [3.63, 3.8) is 0 Å². The summed E-state index contributed by atoms with van der Waals surface area (Å²) in [5.41, 5.74) is 3.17. The number of rotatable bonds is 3. The Bertz CT molecular complexity index is 549. The highest BCUT2D eigenvalue weighted by Crippen LogP contribution is 2.24. The lowest BCUT2D eigenvalue weighted by molar-refractivity contribution is -0.121. The first kappa shape index (κ1) is 16.3. The van der Waals surface area contributed by atoms with Crippen LogP contribution in [0, 0.1) is 12.8 Å². The van der Waals surface area contributed by atoms with E-state index in [1.807, 2.05) is 25.1 Å². The molecule has 0 bridgehead atoms. The van der Waals surface area contributed by atoms with Crippen LogP contribution >= 0.6 is 0 Å². The number of carbonyl (C=O) groups excluding carboxylic acids is 2. The summed E-state index contributed by atoms with van der Waals surface area (Å²) in [6.07, 6.45) is 1.92. The number of hydrogen-bond acceptors (Lipinski definition) is 3. The van der Waals surface area contributed by atoms with Gasteiger partial charge in [-0.1, -0.05) is 25.1 Å². The topological polar surface area (TPSA) is 58.6 Å². The standard InChI is InChI=1S/C17H24N2O3/c1-4-13-7-5-6-12(2)15(13)18-16(20)14-8-10-19(11-9-14)17(21)22-3/h5-7,14H,4,8-11H2,1-3H3,(H,18,20). The minimum atomic E-state index is -0.314. The van der Waals surface area contributed by atoms with E-state index in [-0.39, 0.29) is 17.9 Å². The van der Waals surface area contributed by atoms with Crippen LogP contribution < -0.4 is 5.32 Å². The van der Waals surface area contributed by atoms with E-state index < -0.39 is 0 Å². The van der Waals surface area contributed by atoms with Crippen molar-refractivity contribution in [1.29, 1.82) is 0 Å². The third-order valence-corrected chi connectivity index (χ3v) is 4.29. The lowest BCUT2D eigenvalue weighted by Gasteiger charge is -2.30. The first-order valence-electron chi connectivity index (χ1n) is 7.79. The number of piperidine rings is 1. The van der Waals surface area contributed by atoms with Crippen molar-refractivity contribution in [2.45, 2.75) is 33.1 Å². The van der Waals surface area contributed by atoms with E-state index in [1.165, 1.54) is 7.11 Å². The van der Waals surface area contributed by atoms with Crippen molar-refractivity contribution in [3.05, 3.63) is 29.3 Å². The molecule has 1 aromatic carbocycles. The molecule has 1 N–H and O–H groups in total. The number of aryl methyl sites for hydroxylation is 2. The molecule has 0 saturated carbocycles. The predicted molar refractivity (Wildman–Crippen MR) is 85.9 cm³/mol. The molecule has 5 nitrogen and oxygen atoms in total. The number of methoxy groups -OCH3 is 1. The third kappa shape index (κ3) is 3.59. The zero-order chi connectivity index (χ0) is 16.1. The third-order valence-electron chi connectivity index (χ3n) is 4.29. The van der Waals surface area contributed by atoms with E-state index in [0.29, 0.717) is 25.9 Å². The van der Waals surface area contributed by atoms with Crippen LogP contribution in [0.3, 0.4) is 0 Å². The van der Waals surface area contributed by atoms with Crippen LogP contribution in [0.4, 0.5) is 10.5 Å². The Hall–Kier alpha value is -2.04. The highest BCUT2D eigenvalue weighted by molar-refractivity contribution is 5.94. The molecule has 2 rings (SSSR count). The average Bonchev–Trinajstić information content (AvgIpc) is 2.56. The Morgan fingerprint density at radius 1 is 1.32 bits per heavy atom. The molecular weight excluding hydrogens is 280 g/mol. The van der Waals surface area contributed by atoms with Crippen molar-refractivity contribution >= 4 is 17.7 Å². The molecule has 22 heavy (non-hydrogen) atoms. The first-order chi connectivity index (χ1) is 10.6. The van der Waals surface area contributed by atoms with E-state index in [2.05, 4.69) is 12.2 Å². The quantitative estimate of drug-likeness (QED) is 0.934. The Labute approximate surface area is 131 Å². The molecule has 0 spiro atoms. The lowest BCUT2D eigenvalue weighted by Crippen LogP contribution is -2.41. The van der Waals surface area contributed by atoms with E-state index in [1.54, 1.807) is 4.90 Å². The van der Waals surface area contributed by atoms with Crippen LogP contribution in [0.2, 0.25) is 0 Å². The summed E-state index contributed by atoms with van der Waals surface area (Å²) in [4.78, 5) is 25.6. The Morgan fingerprint density at radius 2 is 2.00 bits per heavy atom. The molecule has 0 unspecified atom stereocenters. The van der Waals surface area contributed by atoms with Crippen LogP contribution in [0.1, 0.15) is 30.9 Å². The van der Waals surface area contributed by atoms with Crippen LogP contribution in [0.5, 0.6) is 0 Å². The van der Waals surface area contributed by atoms with E-state index in [4.69, 9.17) is 4.74 Å². The molecule has 1 fully saturated rings. The normalized spacial score (nSPS) is 15.5. The van der Waals surface area contributed by atoms with Crippen LogP contribution in [-0.4, -0.2) is 37.1 Å². The Kier molecular flexibility index (Phi) is 5.41. The molecule has 120 valence electrons. The van der Waals surface area contributed by atoms with E-state index in [9.17, 15) is 9.59 Å². The summed E-state index contributed by atoms with van der Waals surface area (Å²) in [7, 11) is 1.38. The van der Waals surface area contributed by atoms with Crippen molar-refractivity contribution in [3.8, 4) is 0 Å². The molecule has 1 aromatic rings. The maximum atomic E-state index is 12.5. The van der Waals surface area contributed by atoms with Crippen LogP contribution in [0.25, 0.3) is 0 Å². The molecule has 2 amide bonds. The average molecular weight is 304 g/mol. The molecule has 1 heterocycles. The maximum absolute atomic E-state index is 12.5. The predicted octanol–water partition coefficient (Wildman–Crippen LogP) is 2.97. The molecular formula is C17H24N2O3. The van der Waals surface area contributed by atoms with Gasteiger partial charge in [-0.3, -0.25) is 4.79 Å². The highest BCUT2D eigenvalue weighted by Gasteiger charge is 2.28. The molecule has 1 aliphatic rings. The molecule has 0 atom stereocenters. The number of para-hydroxylation sites is 1. The van der Waals surface area contributed by atoms with Gasteiger partial charge < -0.3 is 15.0 Å². The fourth-order valence-electron chi connectivity index (χ4n) is 2.88. The summed E-state index contributed by atoms with van der Waals surface area (Å²) in [5, 5.41) is 3.08. The van der Waals surface area contributed by atoms with Gasteiger partial charge in [0.05, 0.1) is 7.11 Å². The zero-order valence-corrected chi connectivity index (χ0v) is 13.5. The van der Waals surface area contributed by atoms with Gasteiger partial charge in [-0.15, -0.1) is 0 Å². The fraction of sp³-hybridized carbons (Fsp3) is 0.529. The van der Waals surface area contributed by atoms with Crippen LogP contribution in [0.15, 0.2) is 18.2 Å². The molecule has 5 heteroatoms. The lowest BCUT2D eigenvalue weighted by atomic mass is 9.95. The van der Waals surface area contributed by atoms with Gasteiger partial charge in [-0.05, 0) is 37.3 Å². The van der Waals surface area contributed by atoms with E-state index in [0.717, 1.165) is 23.2 Å². The second-order valence-electron chi connectivity index (χ2n) is 5.68. The number of benzene rings is 1. The number of anilines is 1. The van der Waals surface area contributed by atoms with Crippen molar-refractivity contribution in [2.24, 2.45) is 5.92 Å². The molecule has 0 radical (unpaired) electrons. The van der Waals surface area contributed by atoms with Gasteiger partial charge in [0.15, 0.2) is 0 Å². The van der Waals surface area contributed by atoms with Gasteiger partial charge in [0.1, 0.15) is 0 Å². The summed E-state index contributed by atoms with van der Waals surface area (Å²) >= 11 is 0. The minimum Gasteiger partial charge on any atom is -0.453 e. The SMILES string of the molecule is CCc1cccc(C)c1NC(=O)C1CCN(C(=O)OC)CC1. The monoisotopic (exact) mass is 304 g/mol. The summed E-state index contributed by atoms with van der Waals surface area (Å²) in [6.45, 7) is 5.23. The number of nitrogens with one attached hydrogen (secondary N) is 1. The Balaban J connectivity index is 1.98. The maximum Gasteiger partial charge on any atom is 0.409 e. The van der Waals surface area contributed by atoms with Gasteiger partial charge >= 0.3 is 6.09 Å². The second-order valence-corrected chi connectivity index (χ2v) is 5.68. The number of carbonyl (C=O) groups is 2. The van der Waals surface area contributed by atoms with Gasteiger partial charge in [0.2, 0.25) is 5.91 Å². The molecule has 1 saturated heterocycles. The smallest absolute Gasteiger partial charge is 0.409 e. The Morgan fingerprint density at radius 3 is 2.59 bits per heavy atom. The molecule has 0 aromatic heterocycles. The number of nitrogens with zero attached hydrogens (tertiary/aromatic N) is 1. The van der Waals surface area contributed by atoms with Crippen molar-refractivity contribution in [2.75, 3.05) is 25.5 Å². The summed E-state index contributed by atoms with van der Waals surface area (Å²) < 4.78 is 4.71. The number of amides is 2. The number of likely N-dealkylation sites (tertiary alicyclic amines) is 1. The van der Waals surface area contributed by atoms with Crippen molar-refractivity contribution in [1.82, 2.24) is 4.90 Å². The fourth-order valence-corrected chi connectivity index (χ4v) is 2.88. The highest BCUT2D eigenvalue weighted by atomic mass is 16.5. The molecule has 0 aliphatic carbocycles. The zero-order valence-electron chi connectivity index (χ0n) is 13.5. The van der Waals surface area contributed by atoms with Gasteiger partial charge in [0, 0.05) is 24.7 Å². The van der Waals surface area contributed by atoms with Crippen LogP contribution in [-0.2, 0) is 16.0 Å². The number of ether oxygens (including phenoxy) is 1. The second kappa shape index (κ2) is 7.29. The summed E-state index contributed by atoms with van der Waals surface area (Å²) in [5.74, 6) is -0.00117. The summed E-state index contributed by atoms with van der Waals surface area (Å²) in [6, 6.07) is 6.07. The molecule has 1 aliphatic heterocycles. The van der Waals surface area contributed by atoms with Gasteiger partial charge in [-0.25, -0.2) is 4.79 Å². The number of hydrogen-bond donors (Lipinski definition) is 1. The van der Waals surface area contributed by atoms with E-state index >= 15 is 0 Å². The minimum absolute atomic E-state index is 0.0496.